The molecule has 30 heavy (non-hydrogen) atoms. The number of aromatic nitrogens is 2. The quantitative estimate of drug-likeness (QED) is 0.464. The summed E-state index contributed by atoms with van der Waals surface area (Å²) in [6.45, 7) is 5.84. The SMILES string of the molecule is COc1cc(C(CC(C)=O)c2cn[nH]c2C=N)ccc1Oc1cccc(C(C)C)c1. The number of hydrogen-bond donors (Lipinski definition) is 2. The molecule has 0 aliphatic rings. The molecule has 0 saturated heterocycles. The molecular formula is C24H27N3O3. The van der Waals surface area contributed by atoms with Crippen molar-refractivity contribution in [1.29, 1.82) is 5.41 Å². The molecule has 0 fully saturated rings. The van der Waals surface area contributed by atoms with Crippen molar-refractivity contribution in [2.45, 2.75) is 39.0 Å². The van der Waals surface area contributed by atoms with Gasteiger partial charge in [0, 0.05) is 24.1 Å². The molecule has 2 N–H and O–H groups in total. The zero-order valence-electron chi connectivity index (χ0n) is 17.7. The molecular weight excluding hydrogens is 378 g/mol. The molecule has 1 heterocycles. The molecule has 2 aromatic carbocycles. The van der Waals surface area contributed by atoms with E-state index in [1.165, 1.54) is 11.8 Å². The zero-order valence-corrected chi connectivity index (χ0v) is 17.7. The molecule has 1 atom stereocenters. The van der Waals surface area contributed by atoms with E-state index in [0.29, 0.717) is 29.5 Å². The zero-order chi connectivity index (χ0) is 21.7. The number of rotatable bonds is 9. The average Bonchev–Trinajstić information content (AvgIpc) is 3.21. The Morgan fingerprint density at radius 1 is 1.17 bits per heavy atom. The lowest BCUT2D eigenvalue weighted by molar-refractivity contribution is -0.117. The molecule has 1 unspecified atom stereocenters. The Balaban J connectivity index is 1.96. The molecule has 0 amide bonds. The minimum absolute atomic E-state index is 0.0573. The number of hydrogen-bond acceptors (Lipinski definition) is 5. The normalized spacial score (nSPS) is 11.9. The van der Waals surface area contributed by atoms with Crippen LogP contribution < -0.4 is 9.47 Å². The van der Waals surface area contributed by atoms with E-state index in [9.17, 15) is 4.79 Å². The van der Waals surface area contributed by atoms with Crippen LogP contribution in [0, 0.1) is 5.41 Å². The topological polar surface area (TPSA) is 88.1 Å². The maximum atomic E-state index is 11.9. The number of Topliss-reactive ketones (excluding diaryl/α,β-unsaturated/α-hetero) is 1. The second kappa shape index (κ2) is 9.39. The lowest BCUT2D eigenvalue weighted by atomic mass is 9.87. The van der Waals surface area contributed by atoms with Crippen molar-refractivity contribution < 1.29 is 14.3 Å². The van der Waals surface area contributed by atoms with E-state index in [1.807, 2.05) is 36.4 Å². The Morgan fingerprint density at radius 3 is 2.63 bits per heavy atom. The first-order valence-corrected chi connectivity index (χ1v) is 9.91. The summed E-state index contributed by atoms with van der Waals surface area (Å²) in [6, 6.07) is 13.7. The second-order valence-electron chi connectivity index (χ2n) is 7.58. The maximum Gasteiger partial charge on any atom is 0.169 e. The van der Waals surface area contributed by atoms with Gasteiger partial charge in [-0.15, -0.1) is 0 Å². The minimum Gasteiger partial charge on any atom is -0.493 e. The molecule has 6 heteroatoms. The number of H-pyrrole nitrogens is 1. The summed E-state index contributed by atoms with van der Waals surface area (Å²) in [5.74, 6) is 2.16. The first-order valence-electron chi connectivity index (χ1n) is 9.91. The van der Waals surface area contributed by atoms with Crippen LogP contribution in [0.1, 0.15) is 61.4 Å². The first-order chi connectivity index (χ1) is 14.4. The van der Waals surface area contributed by atoms with Crippen molar-refractivity contribution in [3.05, 3.63) is 71.0 Å². The number of carbonyl (C=O) groups is 1. The number of nitrogens with one attached hydrogen (secondary N) is 2. The van der Waals surface area contributed by atoms with Crippen LogP contribution in [0.3, 0.4) is 0 Å². The molecule has 0 bridgehead atoms. The highest BCUT2D eigenvalue weighted by Gasteiger charge is 2.22. The second-order valence-corrected chi connectivity index (χ2v) is 7.58. The standard InChI is InChI=1S/C24H27N3O3/c1-15(2)17-6-5-7-19(11-17)30-23-9-8-18(12-24(23)29-4)20(10-16(3)28)21-14-26-27-22(21)13-25/h5-9,11-15,20,25H,10H2,1-4H3,(H,26,27). The largest absolute Gasteiger partial charge is 0.493 e. The monoisotopic (exact) mass is 405 g/mol. The Kier molecular flexibility index (Phi) is 6.67. The van der Waals surface area contributed by atoms with Crippen molar-refractivity contribution in [2.75, 3.05) is 7.11 Å². The highest BCUT2D eigenvalue weighted by atomic mass is 16.5. The fraction of sp³-hybridized carbons (Fsp3) is 0.292. The predicted molar refractivity (Wildman–Crippen MR) is 117 cm³/mol. The van der Waals surface area contributed by atoms with Gasteiger partial charge < -0.3 is 14.9 Å². The summed E-state index contributed by atoms with van der Waals surface area (Å²) in [5, 5.41) is 14.4. The van der Waals surface area contributed by atoms with Crippen LogP contribution >= 0.6 is 0 Å². The van der Waals surface area contributed by atoms with E-state index in [4.69, 9.17) is 14.9 Å². The molecule has 6 nitrogen and oxygen atoms in total. The molecule has 0 spiro atoms. The van der Waals surface area contributed by atoms with Gasteiger partial charge in [0.2, 0.25) is 0 Å². The van der Waals surface area contributed by atoms with Gasteiger partial charge in [0.15, 0.2) is 11.5 Å². The lowest BCUT2D eigenvalue weighted by Crippen LogP contribution is -2.08. The van der Waals surface area contributed by atoms with Crippen molar-refractivity contribution >= 4 is 12.0 Å². The smallest absolute Gasteiger partial charge is 0.169 e. The molecule has 0 aliphatic heterocycles. The molecule has 0 radical (unpaired) electrons. The van der Waals surface area contributed by atoms with Gasteiger partial charge in [-0.1, -0.05) is 32.0 Å². The van der Waals surface area contributed by atoms with E-state index >= 15 is 0 Å². The van der Waals surface area contributed by atoms with Crippen LogP contribution in [-0.4, -0.2) is 29.3 Å². The van der Waals surface area contributed by atoms with Gasteiger partial charge in [0.05, 0.1) is 19.0 Å². The summed E-state index contributed by atoms with van der Waals surface area (Å²) in [7, 11) is 1.59. The number of ketones is 1. The third kappa shape index (κ3) is 4.76. The summed E-state index contributed by atoms with van der Waals surface area (Å²) >= 11 is 0. The Hall–Kier alpha value is -3.41. The highest BCUT2D eigenvalue weighted by molar-refractivity contribution is 5.80. The third-order valence-electron chi connectivity index (χ3n) is 5.05. The number of nitrogens with zero attached hydrogens (tertiary/aromatic N) is 1. The Labute approximate surface area is 176 Å². The number of benzene rings is 2. The van der Waals surface area contributed by atoms with E-state index in [1.54, 1.807) is 20.2 Å². The summed E-state index contributed by atoms with van der Waals surface area (Å²) in [4.78, 5) is 11.9. The highest BCUT2D eigenvalue weighted by Crippen LogP contribution is 2.38. The molecule has 156 valence electrons. The predicted octanol–water partition coefficient (Wildman–Crippen LogP) is 5.44. The summed E-state index contributed by atoms with van der Waals surface area (Å²) < 4.78 is 11.7. The maximum absolute atomic E-state index is 11.9. The molecule has 3 rings (SSSR count). The fourth-order valence-electron chi connectivity index (χ4n) is 3.44. The van der Waals surface area contributed by atoms with Crippen LogP contribution in [0.5, 0.6) is 17.2 Å². The molecule has 1 aromatic heterocycles. The van der Waals surface area contributed by atoms with E-state index < -0.39 is 0 Å². The van der Waals surface area contributed by atoms with Crippen molar-refractivity contribution in [3.63, 3.8) is 0 Å². The fourth-order valence-corrected chi connectivity index (χ4v) is 3.44. The Morgan fingerprint density at radius 2 is 1.97 bits per heavy atom. The van der Waals surface area contributed by atoms with E-state index in [0.717, 1.165) is 16.9 Å². The third-order valence-corrected chi connectivity index (χ3v) is 5.05. The average molecular weight is 405 g/mol. The molecule has 0 aliphatic carbocycles. The van der Waals surface area contributed by atoms with Gasteiger partial charge in [-0.05, 0) is 48.2 Å². The number of carbonyl (C=O) groups excluding carboxylic acids is 1. The van der Waals surface area contributed by atoms with Crippen LogP contribution in [0.15, 0.2) is 48.7 Å². The van der Waals surface area contributed by atoms with Crippen LogP contribution in [-0.2, 0) is 4.79 Å². The van der Waals surface area contributed by atoms with E-state index in [2.05, 4.69) is 30.1 Å². The van der Waals surface area contributed by atoms with Gasteiger partial charge in [-0.2, -0.15) is 5.10 Å². The summed E-state index contributed by atoms with van der Waals surface area (Å²) in [5.41, 5.74) is 3.49. The van der Waals surface area contributed by atoms with Crippen LogP contribution in [0.4, 0.5) is 0 Å². The molecule has 3 aromatic rings. The minimum atomic E-state index is -0.231. The first kappa shape index (κ1) is 21.3. The van der Waals surface area contributed by atoms with Gasteiger partial charge in [-0.25, -0.2) is 0 Å². The van der Waals surface area contributed by atoms with Crippen LogP contribution in [0.2, 0.25) is 0 Å². The van der Waals surface area contributed by atoms with Crippen molar-refractivity contribution in [3.8, 4) is 17.2 Å². The van der Waals surface area contributed by atoms with Gasteiger partial charge in [-0.3, -0.25) is 9.89 Å². The van der Waals surface area contributed by atoms with E-state index in [-0.39, 0.29) is 11.7 Å². The van der Waals surface area contributed by atoms with Gasteiger partial charge >= 0.3 is 0 Å². The summed E-state index contributed by atoms with van der Waals surface area (Å²) in [6.07, 6.45) is 3.19. The van der Waals surface area contributed by atoms with Gasteiger partial charge in [0.25, 0.3) is 0 Å². The van der Waals surface area contributed by atoms with Crippen LogP contribution in [0.25, 0.3) is 0 Å². The Bertz CT molecular complexity index is 1040. The lowest BCUT2D eigenvalue weighted by Gasteiger charge is -2.18. The van der Waals surface area contributed by atoms with Crippen molar-refractivity contribution in [1.82, 2.24) is 10.2 Å². The van der Waals surface area contributed by atoms with Crippen molar-refractivity contribution in [2.24, 2.45) is 0 Å². The number of methoxy groups -OCH3 is 1. The van der Waals surface area contributed by atoms with Gasteiger partial charge in [0.1, 0.15) is 11.5 Å². The number of ether oxygens (including phenoxy) is 2. The number of aromatic amines is 1. The molecule has 0 saturated carbocycles.